The number of nitrogens with zero attached hydrogens (tertiary/aromatic N) is 1. The molecular weight excluding hydrogens is 182 g/mol. The van der Waals surface area contributed by atoms with Gasteiger partial charge in [-0.1, -0.05) is 0 Å². The number of amides is 1. The summed E-state index contributed by atoms with van der Waals surface area (Å²) in [5.41, 5.74) is -0.327. The van der Waals surface area contributed by atoms with Gasteiger partial charge >= 0.3 is 0 Å². The molecule has 0 bridgehead atoms. The number of guanidine groups is 1. The van der Waals surface area contributed by atoms with Crippen LogP contribution in [0.1, 0.15) is 19.3 Å². The minimum absolute atomic E-state index is 0.0694. The molecule has 5 nitrogen and oxygen atoms in total. The molecule has 0 atom stereocenters. The van der Waals surface area contributed by atoms with Crippen molar-refractivity contribution in [3.8, 4) is 0 Å². The van der Waals surface area contributed by atoms with Gasteiger partial charge in [0.15, 0.2) is 5.96 Å². The molecule has 1 aliphatic carbocycles. The van der Waals surface area contributed by atoms with E-state index in [-0.39, 0.29) is 11.4 Å². The molecule has 78 valence electrons. The third-order valence-corrected chi connectivity index (χ3v) is 2.80. The van der Waals surface area contributed by atoms with E-state index in [1.807, 2.05) is 0 Å². The average Bonchev–Trinajstić information content (AvgIpc) is 2.42. The standard InChI is InChI=1S/C9H15N3O2/c1-14-6-5-10-8-11-7(13)9(12-8)3-2-4-9/h2-6H2,1H3,(H2,10,11,12,13). The Balaban J connectivity index is 1.92. The normalized spacial score (nSPS) is 26.1. The van der Waals surface area contributed by atoms with Crippen molar-refractivity contribution in [1.82, 2.24) is 10.6 Å². The first-order chi connectivity index (χ1) is 6.77. The molecule has 1 saturated carbocycles. The van der Waals surface area contributed by atoms with Crippen LogP contribution >= 0.6 is 0 Å². The number of methoxy groups -OCH3 is 1. The van der Waals surface area contributed by atoms with Crippen molar-refractivity contribution in [3.05, 3.63) is 0 Å². The van der Waals surface area contributed by atoms with E-state index in [0.717, 1.165) is 19.3 Å². The smallest absolute Gasteiger partial charge is 0.252 e. The highest BCUT2D eigenvalue weighted by atomic mass is 16.5. The molecule has 1 saturated heterocycles. The van der Waals surface area contributed by atoms with Crippen molar-refractivity contribution >= 4 is 11.9 Å². The number of hydrogen-bond donors (Lipinski definition) is 2. The van der Waals surface area contributed by atoms with Gasteiger partial charge in [0.2, 0.25) is 0 Å². The van der Waals surface area contributed by atoms with Crippen molar-refractivity contribution in [2.75, 3.05) is 20.3 Å². The van der Waals surface area contributed by atoms with Gasteiger partial charge in [0.05, 0.1) is 13.2 Å². The number of aliphatic imine (C=N–C) groups is 1. The van der Waals surface area contributed by atoms with Crippen molar-refractivity contribution in [3.63, 3.8) is 0 Å². The zero-order chi connectivity index (χ0) is 10.0. The fraction of sp³-hybridized carbons (Fsp3) is 0.778. The highest BCUT2D eigenvalue weighted by Crippen LogP contribution is 2.33. The predicted octanol–water partition coefficient (Wildman–Crippen LogP) is -0.369. The van der Waals surface area contributed by atoms with Crippen LogP contribution < -0.4 is 10.6 Å². The summed E-state index contributed by atoms with van der Waals surface area (Å²) in [5.74, 6) is 0.673. The molecule has 2 aliphatic rings. The number of hydrogen-bond acceptors (Lipinski definition) is 3. The second-order valence-corrected chi connectivity index (χ2v) is 3.74. The molecule has 0 radical (unpaired) electrons. The lowest BCUT2D eigenvalue weighted by molar-refractivity contribution is -0.126. The van der Waals surface area contributed by atoms with Crippen molar-refractivity contribution in [2.45, 2.75) is 24.8 Å². The molecule has 1 aliphatic heterocycles. The van der Waals surface area contributed by atoms with Gasteiger partial charge in [0.25, 0.3) is 5.91 Å². The van der Waals surface area contributed by atoms with Crippen LogP contribution in [0.25, 0.3) is 0 Å². The first-order valence-electron chi connectivity index (χ1n) is 4.90. The largest absolute Gasteiger partial charge is 0.383 e. The summed E-state index contributed by atoms with van der Waals surface area (Å²) in [6.45, 7) is 1.16. The Hall–Kier alpha value is -1.10. The van der Waals surface area contributed by atoms with Gasteiger partial charge in [0, 0.05) is 7.11 Å². The van der Waals surface area contributed by atoms with Gasteiger partial charge in [0.1, 0.15) is 5.54 Å². The van der Waals surface area contributed by atoms with Crippen LogP contribution in [0.3, 0.4) is 0 Å². The molecule has 1 heterocycles. The highest BCUT2D eigenvalue weighted by Gasteiger charge is 2.49. The van der Waals surface area contributed by atoms with E-state index in [9.17, 15) is 4.79 Å². The zero-order valence-corrected chi connectivity index (χ0v) is 8.30. The maximum absolute atomic E-state index is 11.5. The summed E-state index contributed by atoms with van der Waals surface area (Å²) in [5, 5.41) is 5.90. The van der Waals surface area contributed by atoms with Gasteiger partial charge in [-0.25, -0.2) is 0 Å². The lowest BCUT2D eigenvalue weighted by Crippen LogP contribution is -2.52. The third kappa shape index (κ3) is 1.48. The van der Waals surface area contributed by atoms with Crippen LogP contribution in [0.4, 0.5) is 0 Å². The summed E-state index contributed by atoms with van der Waals surface area (Å²) in [7, 11) is 1.63. The van der Waals surface area contributed by atoms with E-state index in [4.69, 9.17) is 4.74 Å². The number of nitrogens with one attached hydrogen (secondary N) is 2. The molecular formula is C9H15N3O2. The molecule has 0 unspecified atom stereocenters. The Labute approximate surface area is 82.9 Å². The predicted molar refractivity (Wildman–Crippen MR) is 52.0 cm³/mol. The maximum Gasteiger partial charge on any atom is 0.252 e. The fourth-order valence-electron chi connectivity index (χ4n) is 1.75. The molecule has 2 rings (SSSR count). The van der Waals surface area contributed by atoms with Gasteiger partial charge in [-0.05, 0) is 19.3 Å². The van der Waals surface area contributed by atoms with Crippen LogP contribution in [0.2, 0.25) is 0 Å². The van der Waals surface area contributed by atoms with E-state index in [0.29, 0.717) is 19.1 Å². The highest BCUT2D eigenvalue weighted by molar-refractivity contribution is 6.09. The van der Waals surface area contributed by atoms with E-state index in [2.05, 4.69) is 15.6 Å². The maximum atomic E-state index is 11.5. The van der Waals surface area contributed by atoms with Crippen LogP contribution in [0, 0.1) is 0 Å². The van der Waals surface area contributed by atoms with Crippen LogP contribution in [0.15, 0.2) is 4.99 Å². The van der Waals surface area contributed by atoms with Crippen LogP contribution in [-0.2, 0) is 9.53 Å². The first-order valence-corrected chi connectivity index (χ1v) is 4.90. The van der Waals surface area contributed by atoms with Gasteiger partial charge in [-0.2, -0.15) is 0 Å². The number of carbonyl (C=O) groups is 1. The lowest BCUT2D eigenvalue weighted by atomic mass is 9.77. The molecule has 5 heteroatoms. The van der Waals surface area contributed by atoms with Crippen molar-refractivity contribution in [1.29, 1.82) is 0 Å². The average molecular weight is 197 g/mol. The Morgan fingerprint density at radius 1 is 1.57 bits per heavy atom. The van der Waals surface area contributed by atoms with Crippen LogP contribution in [-0.4, -0.2) is 37.7 Å². The quantitative estimate of drug-likeness (QED) is 0.607. The summed E-state index contributed by atoms with van der Waals surface area (Å²) in [6.07, 6.45) is 2.95. The molecule has 1 amide bonds. The molecule has 0 aromatic carbocycles. The molecule has 2 fully saturated rings. The van der Waals surface area contributed by atoms with Crippen LogP contribution in [0.5, 0.6) is 0 Å². The summed E-state index contributed by atoms with van der Waals surface area (Å²) in [4.78, 5) is 15.7. The SMILES string of the molecule is COCCN=C1NC(=O)C2(CCC2)N1. The molecule has 0 aromatic heterocycles. The number of ether oxygens (including phenoxy) is 1. The second kappa shape index (κ2) is 3.57. The summed E-state index contributed by atoms with van der Waals surface area (Å²) < 4.78 is 4.87. The number of carbonyl (C=O) groups excluding carboxylic acids is 1. The molecule has 14 heavy (non-hydrogen) atoms. The monoisotopic (exact) mass is 197 g/mol. The third-order valence-electron chi connectivity index (χ3n) is 2.80. The minimum Gasteiger partial charge on any atom is -0.383 e. The Bertz CT molecular complexity index is 271. The van der Waals surface area contributed by atoms with E-state index in [1.54, 1.807) is 7.11 Å². The van der Waals surface area contributed by atoms with E-state index < -0.39 is 0 Å². The topological polar surface area (TPSA) is 62.7 Å². The first kappa shape index (κ1) is 9.45. The lowest BCUT2D eigenvalue weighted by Gasteiger charge is -2.34. The minimum atomic E-state index is -0.327. The van der Waals surface area contributed by atoms with E-state index in [1.165, 1.54) is 0 Å². The zero-order valence-electron chi connectivity index (χ0n) is 8.30. The van der Waals surface area contributed by atoms with Gasteiger partial charge in [-0.15, -0.1) is 0 Å². The van der Waals surface area contributed by atoms with Crippen molar-refractivity contribution in [2.24, 2.45) is 4.99 Å². The Morgan fingerprint density at radius 3 is 2.86 bits per heavy atom. The fourth-order valence-corrected chi connectivity index (χ4v) is 1.75. The summed E-state index contributed by atoms with van der Waals surface area (Å²) in [6, 6.07) is 0. The van der Waals surface area contributed by atoms with Gasteiger partial charge in [-0.3, -0.25) is 15.1 Å². The molecule has 0 aromatic rings. The second-order valence-electron chi connectivity index (χ2n) is 3.74. The van der Waals surface area contributed by atoms with E-state index >= 15 is 0 Å². The summed E-state index contributed by atoms with van der Waals surface area (Å²) >= 11 is 0. The molecule has 1 spiro atoms. The Morgan fingerprint density at radius 2 is 2.36 bits per heavy atom. The Kier molecular flexibility index (Phi) is 2.41. The van der Waals surface area contributed by atoms with Gasteiger partial charge < -0.3 is 10.1 Å². The molecule has 2 N–H and O–H groups in total. The number of rotatable bonds is 3. The van der Waals surface area contributed by atoms with Crippen molar-refractivity contribution < 1.29 is 9.53 Å².